The minimum absolute atomic E-state index is 0.285. The highest BCUT2D eigenvalue weighted by molar-refractivity contribution is 9.10. The Balaban J connectivity index is 1.89. The van der Waals surface area contributed by atoms with Gasteiger partial charge in [0.1, 0.15) is 35.5 Å². The molecule has 0 atom stereocenters. The van der Waals surface area contributed by atoms with Crippen LogP contribution in [0.15, 0.2) is 46.9 Å². The van der Waals surface area contributed by atoms with Crippen molar-refractivity contribution in [1.82, 2.24) is 0 Å². The van der Waals surface area contributed by atoms with Crippen molar-refractivity contribution in [2.75, 3.05) is 13.2 Å². The quantitative estimate of drug-likeness (QED) is 0.623. The van der Waals surface area contributed by atoms with Crippen LogP contribution >= 0.6 is 28.1 Å². The Morgan fingerprint density at radius 1 is 1.10 bits per heavy atom. The zero-order valence-corrected chi connectivity index (χ0v) is 13.4. The molecule has 0 aliphatic heterocycles. The lowest BCUT2D eigenvalue weighted by Crippen LogP contribution is -2.14. The van der Waals surface area contributed by atoms with Crippen molar-refractivity contribution in [3.8, 4) is 11.5 Å². The summed E-state index contributed by atoms with van der Waals surface area (Å²) in [4.78, 5) is 0.285. The van der Waals surface area contributed by atoms with Crippen LogP contribution in [0.1, 0.15) is 5.56 Å². The van der Waals surface area contributed by atoms with E-state index < -0.39 is 0 Å². The maximum absolute atomic E-state index is 12.9. The summed E-state index contributed by atoms with van der Waals surface area (Å²) in [6.07, 6.45) is 0. The van der Waals surface area contributed by atoms with E-state index in [1.807, 2.05) is 12.1 Å². The van der Waals surface area contributed by atoms with Gasteiger partial charge in [-0.1, -0.05) is 24.4 Å². The molecule has 0 aliphatic rings. The normalized spacial score (nSPS) is 10.2. The third-order valence-electron chi connectivity index (χ3n) is 2.64. The Morgan fingerprint density at radius 2 is 1.76 bits per heavy atom. The molecular formula is C15H13BrFNO2S. The fourth-order valence-electron chi connectivity index (χ4n) is 1.69. The molecule has 0 aliphatic carbocycles. The molecule has 0 bridgehead atoms. The maximum Gasteiger partial charge on any atom is 0.133 e. The van der Waals surface area contributed by atoms with Crippen molar-refractivity contribution in [1.29, 1.82) is 0 Å². The molecular weight excluding hydrogens is 357 g/mol. The van der Waals surface area contributed by atoms with Crippen molar-refractivity contribution in [3.05, 3.63) is 58.3 Å². The van der Waals surface area contributed by atoms with Gasteiger partial charge in [0.15, 0.2) is 0 Å². The maximum atomic E-state index is 12.9. The Labute approximate surface area is 136 Å². The monoisotopic (exact) mass is 369 g/mol. The summed E-state index contributed by atoms with van der Waals surface area (Å²) in [5.74, 6) is 0.852. The Kier molecular flexibility index (Phi) is 5.52. The van der Waals surface area contributed by atoms with Gasteiger partial charge in [-0.15, -0.1) is 0 Å². The van der Waals surface area contributed by atoms with Gasteiger partial charge < -0.3 is 15.2 Å². The molecule has 2 rings (SSSR count). The molecule has 0 heterocycles. The summed E-state index contributed by atoms with van der Waals surface area (Å²) in [5, 5.41) is 0. The first kappa shape index (κ1) is 15.7. The van der Waals surface area contributed by atoms with Gasteiger partial charge in [-0.2, -0.15) is 0 Å². The fraction of sp³-hybridized carbons (Fsp3) is 0.133. The van der Waals surface area contributed by atoms with Crippen LogP contribution in [0.4, 0.5) is 4.39 Å². The average molecular weight is 370 g/mol. The van der Waals surface area contributed by atoms with Gasteiger partial charge >= 0.3 is 0 Å². The van der Waals surface area contributed by atoms with Gasteiger partial charge in [0, 0.05) is 0 Å². The molecule has 21 heavy (non-hydrogen) atoms. The summed E-state index contributed by atoms with van der Waals surface area (Å²) in [7, 11) is 0. The fourth-order valence-corrected chi connectivity index (χ4v) is 2.33. The SMILES string of the molecule is NC(=S)c1ccccc1OCCOc1ccc(F)cc1Br. The number of hydrogen-bond acceptors (Lipinski definition) is 3. The molecule has 2 N–H and O–H groups in total. The van der Waals surface area contributed by atoms with E-state index in [1.54, 1.807) is 18.2 Å². The third kappa shape index (κ3) is 4.41. The molecule has 6 heteroatoms. The van der Waals surface area contributed by atoms with Crippen molar-refractivity contribution in [3.63, 3.8) is 0 Å². The standard InChI is InChI=1S/C15H13BrFNO2S/c16-12-9-10(17)5-6-14(12)20-8-7-19-13-4-2-1-3-11(13)15(18)21/h1-6,9H,7-8H2,(H2,18,21). The van der Waals surface area contributed by atoms with E-state index in [4.69, 9.17) is 27.4 Å². The van der Waals surface area contributed by atoms with Crippen LogP contribution < -0.4 is 15.2 Å². The zero-order valence-electron chi connectivity index (χ0n) is 11.0. The zero-order chi connectivity index (χ0) is 15.2. The number of benzene rings is 2. The van der Waals surface area contributed by atoms with Crippen LogP contribution in [-0.2, 0) is 0 Å². The van der Waals surface area contributed by atoms with Crippen LogP contribution in [0.25, 0.3) is 0 Å². The summed E-state index contributed by atoms with van der Waals surface area (Å²) >= 11 is 8.19. The van der Waals surface area contributed by atoms with Crippen LogP contribution in [-0.4, -0.2) is 18.2 Å². The smallest absolute Gasteiger partial charge is 0.133 e. The average Bonchev–Trinajstić information content (AvgIpc) is 2.45. The number of ether oxygens (including phenoxy) is 2. The Morgan fingerprint density at radius 3 is 2.43 bits per heavy atom. The second kappa shape index (κ2) is 7.38. The van der Waals surface area contributed by atoms with Crippen molar-refractivity contribution >= 4 is 33.1 Å². The van der Waals surface area contributed by atoms with Crippen molar-refractivity contribution in [2.45, 2.75) is 0 Å². The number of thiocarbonyl (C=S) groups is 1. The van der Waals surface area contributed by atoms with E-state index >= 15 is 0 Å². The molecule has 110 valence electrons. The predicted octanol–water partition coefficient (Wildman–Crippen LogP) is 3.68. The van der Waals surface area contributed by atoms with Crippen molar-refractivity contribution in [2.24, 2.45) is 5.73 Å². The van der Waals surface area contributed by atoms with Gasteiger partial charge in [0.2, 0.25) is 0 Å². The van der Waals surface area contributed by atoms with Gasteiger partial charge in [-0.05, 0) is 46.3 Å². The lowest BCUT2D eigenvalue weighted by atomic mass is 10.2. The van der Waals surface area contributed by atoms with Crippen LogP contribution in [0, 0.1) is 5.82 Å². The molecule has 0 saturated carbocycles. The van der Waals surface area contributed by atoms with Crippen molar-refractivity contribution < 1.29 is 13.9 Å². The van der Waals surface area contributed by atoms with Gasteiger partial charge in [0.05, 0.1) is 10.0 Å². The highest BCUT2D eigenvalue weighted by Crippen LogP contribution is 2.25. The topological polar surface area (TPSA) is 44.5 Å². The number of nitrogens with two attached hydrogens (primary N) is 1. The highest BCUT2D eigenvalue weighted by Gasteiger charge is 2.06. The molecule has 0 fully saturated rings. The van der Waals surface area contributed by atoms with E-state index in [0.717, 1.165) is 0 Å². The molecule has 0 unspecified atom stereocenters. The van der Waals surface area contributed by atoms with Crippen LogP contribution in [0.2, 0.25) is 0 Å². The first-order valence-corrected chi connectivity index (χ1v) is 7.37. The molecule has 3 nitrogen and oxygen atoms in total. The highest BCUT2D eigenvalue weighted by atomic mass is 79.9. The second-order valence-electron chi connectivity index (χ2n) is 4.13. The van der Waals surface area contributed by atoms with E-state index in [9.17, 15) is 4.39 Å². The van der Waals surface area contributed by atoms with E-state index in [2.05, 4.69) is 15.9 Å². The lowest BCUT2D eigenvalue weighted by Gasteiger charge is -2.12. The molecule has 0 radical (unpaired) electrons. The van der Waals surface area contributed by atoms with Gasteiger partial charge in [-0.3, -0.25) is 0 Å². The third-order valence-corrected chi connectivity index (χ3v) is 3.48. The molecule has 2 aromatic carbocycles. The van der Waals surface area contributed by atoms with E-state index in [0.29, 0.717) is 34.7 Å². The Hall–Kier alpha value is -1.66. The van der Waals surface area contributed by atoms with E-state index in [-0.39, 0.29) is 10.8 Å². The molecule has 0 aromatic heterocycles. The number of rotatable bonds is 6. The summed E-state index contributed by atoms with van der Waals surface area (Å²) < 4.78 is 24.6. The van der Waals surface area contributed by atoms with Gasteiger partial charge in [-0.25, -0.2) is 4.39 Å². The minimum atomic E-state index is -0.323. The number of halogens is 2. The first-order valence-electron chi connectivity index (χ1n) is 6.17. The molecule has 2 aromatic rings. The number of para-hydroxylation sites is 1. The summed E-state index contributed by atoms with van der Waals surface area (Å²) in [6, 6.07) is 11.5. The lowest BCUT2D eigenvalue weighted by molar-refractivity contribution is 0.216. The predicted molar refractivity (Wildman–Crippen MR) is 87.4 cm³/mol. The molecule has 0 amide bonds. The Bertz CT molecular complexity index is 651. The van der Waals surface area contributed by atoms with Crippen LogP contribution in [0.3, 0.4) is 0 Å². The van der Waals surface area contributed by atoms with Crippen LogP contribution in [0.5, 0.6) is 11.5 Å². The summed E-state index contributed by atoms with van der Waals surface area (Å²) in [6.45, 7) is 0.638. The minimum Gasteiger partial charge on any atom is -0.489 e. The second-order valence-corrected chi connectivity index (χ2v) is 5.43. The molecule has 0 spiro atoms. The largest absolute Gasteiger partial charge is 0.489 e. The van der Waals surface area contributed by atoms with Gasteiger partial charge in [0.25, 0.3) is 0 Å². The molecule has 0 saturated heterocycles. The first-order chi connectivity index (χ1) is 10.1. The summed E-state index contributed by atoms with van der Waals surface area (Å²) in [5.41, 5.74) is 6.31. The van der Waals surface area contributed by atoms with E-state index in [1.165, 1.54) is 12.1 Å². The number of hydrogen-bond donors (Lipinski definition) is 1.